The number of carboxylic acids is 1. The first-order valence-electron chi connectivity index (χ1n) is 10.8. The maximum absolute atomic E-state index is 11.4. The van der Waals surface area contributed by atoms with Crippen molar-refractivity contribution in [2.75, 3.05) is 13.2 Å². The number of quaternary nitrogens is 1. The first kappa shape index (κ1) is 28.0. The number of aliphatic hydroxyl groups is 1. The third-order valence-electron chi connectivity index (χ3n) is 4.19. The number of amides is 1. The van der Waals surface area contributed by atoms with E-state index in [1.165, 1.54) is 70.6 Å². The largest absolute Gasteiger partial charge is 0.550 e. The van der Waals surface area contributed by atoms with E-state index in [-0.39, 0.29) is 12.5 Å². The molecule has 3 N–H and O–H groups in total. The Hall–Kier alpha value is -1.20. The van der Waals surface area contributed by atoms with Gasteiger partial charge in [-0.2, -0.15) is 0 Å². The molecule has 0 saturated carbocycles. The minimum atomic E-state index is -1.08. The van der Waals surface area contributed by atoms with E-state index in [2.05, 4.69) is 19.1 Å². The van der Waals surface area contributed by atoms with E-state index in [9.17, 15) is 4.79 Å². The number of aliphatic carboxylic acids is 1. The molecule has 160 valence electrons. The van der Waals surface area contributed by atoms with Gasteiger partial charge in [-0.15, -0.1) is 0 Å². The maximum Gasteiger partial charge on any atom is 0.310 e. The van der Waals surface area contributed by atoms with Gasteiger partial charge in [0, 0.05) is 5.97 Å². The summed E-state index contributed by atoms with van der Waals surface area (Å²) in [5, 5.41) is 19.1. The molecule has 0 unspecified atom stereocenters. The molecule has 1 amide bonds. The van der Waals surface area contributed by atoms with Crippen LogP contribution in [0.25, 0.3) is 0 Å². The average Bonchev–Trinajstić information content (AvgIpc) is 2.62. The van der Waals surface area contributed by atoms with Gasteiger partial charge in [-0.25, -0.2) is 4.79 Å². The van der Waals surface area contributed by atoms with Gasteiger partial charge in [0.15, 0.2) is 0 Å². The highest BCUT2D eigenvalue weighted by molar-refractivity contribution is 5.65. The van der Waals surface area contributed by atoms with Gasteiger partial charge < -0.3 is 15.0 Å². The zero-order valence-corrected chi connectivity index (χ0v) is 17.7. The number of carbonyl (C=O) groups is 2. The van der Waals surface area contributed by atoms with Gasteiger partial charge in [0.1, 0.15) is 6.54 Å². The van der Waals surface area contributed by atoms with Crippen molar-refractivity contribution in [2.24, 2.45) is 0 Å². The first-order valence-corrected chi connectivity index (χ1v) is 10.8. The van der Waals surface area contributed by atoms with E-state index in [1.54, 1.807) is 5.32 Å². The van der Waals surface area contributed by atoms with Crippen molar-refractivity contribution in [3.8, 4) is 0 Å². The molecule has 5 heteroatoms. The molecule has 0 saturated heterocycles. The zero-order chi connectivity index (χ0) is 20.6. The van der Waals surface area contributed by atoms with Crippen LogP contribution in [0.5, 0.6) is 0 Å². The lowest BCUT2D eigenvalue weighted by molar-refractivity contribution is -0.570. The molecule has 0 aromatic carbocycles. The van der Waals surface area contributed by atoms with Crippen LogP contribution in [0.2, 0.25) is 0 Å². The van der Waals surface area contributed by atoms with E-state index in [4.69, 9.17) is 15.0 Å². The van der Waals surface area contributed by atoms with Gasteiger partial charge >= 0.3 is 5.91 Å². The van der Waals surface area contributed by atoms with Crippen molar-refractivity contribution in [3.63, 3.8) is 0 Å². The van der Waals surface area contributed by atoms with Gasteiger partial charge in [-0.3, -0.25) is 5.32 Å². The number of unbranched alkanes of at least 4 members (excludes halogenated alkanes) is 11. The van der Waals surface area contributed by atoms with Crippen molar-refractivity contribution < 1.29 is 25.1 Å². The van der Waals surface area contributed by atoms with Gasteiger partial charge in [-0.05, 0) is 39.0 Å². The maximum atomic E-state index is 11.4. The van der Waals surface area contributed by atoms with Gasteiger partial charge in [0.25, 0.3) is 0 Å². The minimum Gasteiger partial charge on any atom is -0.550 e. The molecule has 0 aliphatic carbocycles. The SMILES string of the molecule is CC(=O)[O-].CCCCCCCC/C=C\CCCCCCCC(=O)[NH2+]CCO. The lowest BCUT2D eigenvalue weighted by atomic mass is 10.1. The minimum absolute atomic E-state index is 0.0815. The molecule has 0 aliphatic heterocycles. The highest BCUT2D eigenvalue weighted by Crippen LogP contribution is 2.09. The summed E-state index contributed by atoms with van der Waals surface area (Å²) in [6.45, 7) is 3.82. The fourth-order valence-electron chi connectivity index (χ4n) is 2.70. The molecular weight excluding hydrogens is 342 g/mol. The van der Waals surface area contributed by atoms with Crippen LogP contribution in [0, 0.1) is 0 Å². The number of carbonyl (C=O) groups excluding carboxylic acids is 2. The fourth-order valence-corrected chi connectivity index (χ4v) is 2.70. The first-order chi connectivity index (χ1) is 13.0. The topological polar surface area (TPSA) is 94.0 Å². The molecule has 0 aliphatic rings. The highest BCUT2D eigenvalue weighted by atomic mass is 16.4. The van der Waals surface area contributed by atoms with Crippen LogP contribution in [-0.4, -0.2) is 30.1 Å². The molecule has 0 aromatic heterocycles. The van der Waals surface area contributed by atoms with Crippen LogP contribution in [0.4, 0.5) is 0 Å². The van der Waals surface area contributed by atoms with Gasteiger partial charge in [-0.1, -0.05) is 70.4 Å². The summed E-state index contributed by atoms with van der Waals surface area (Å²) < 4.78 is 0. The summed E-state index contributed by atoms with van der Waals surface area (Å²) in [7, 11) is 0. The predicted octanol–water partition coefficient (Wildman–Crippen LogP) is 2.86. The fraction of sp³-hybridized carbons (Fsp3) is 0.818. The number of carboxylic acid groups (broad SMARTS) is 1. The number of allylic oxidation sites excluding steroid dienone is 2. The molecule has 0 aromatic rings. The monoisotopic (exact) mass is 385 g/mol. The smallest absolute Gasteiger partial charge is 0.310 e. The normalized spacial score (nSPS) is 10.6. The Balaban J connectivity index is 0. The summed E-state index contributed by atoms with van der Waals surface area (Å²) in [5.74, 6) is -0.892. The van der Waals surface area contributed by atoms with E-state index in [0.717, 1.165) is 19.8 Å². The number of primary amides is 1. The van der Waals surface area contributed by atoms with E-state index >= 15 is 0 Å². The van der Waals surface area contributed by atoms with Crippen molar-refractivity contribution in [2.45, 2.75) is 104 Å². The van der Waals surface area contributed by atoms with E-state index < -0.39 is 5.97 Å². The Labute approximate surface area is 166 Å². The predicted molar refractivity (Wildman–Crippen MR) is 109 cm³/mol. The Bertz CT molecular complexity index is 352. The van der Waals surface area contributed by atoms with Crippen molar-refractivity contribution in [3.05, 3.63) is 12.2 Å². The summed E-state index contributed by atoms with van der Waals surface area (Å²) in [6, 6.07) is 0. The highest BCUT2D eigenvalue weighted by Gasteiger charge is 2.03. The Morgan fingerprint density at radius 1 is 0.852 bits per heavy atom. The summed E-state index contributed by atoms with van der Waals surface area (Å²) >= 11 is 0. The third-order valence-corrected chi connectivity index (χ3v) is 4.19. The molecule has 0 atom stereocenters. The Kier molecular flexibility index (Phi) is 25.7. The van der Waals surface area contributed by atoms with Crippen LogP contribution in [0.3, 0.4) is 0 Å². The van der Waals surface area contributed by atoms with Crippen molar-refractivity contribution >= 4 is 11.9 Å². The summed E-state index contributed by atoms with van der Waals surface area (Å²) in [4.78, 5) is 20.2. The van der Waals surface area contributed by atoms with Crippen LogP contribution in [-0.2, 0) is 9.59 Å². The lowest BCUT2D eigenvalue weighted by Crippen LogP contribution is -2.88. The molecule has 0 heterocycles. The van der Waals surface area contributed by atoms with Gasteiger partial charge in [0.05, 0.1) is 13.0 Å². The lowest BCUT2D eigenvalue weighted by Gasteiger charge is -2.00. The van der Waals surface area contributed by atoms with Crippen molar-refractivity contribution in [1.29, 1.82) is 0 Å². The molecule has 0 spiro atoms. The van der Waals surface area contributed by atoms with Crippen LogP contribution < -0.4 is 10.4 Å². The quantitative estimate of drug-likeness (QED) is 0.297. The molecule has 0 fully saturated rings. The van der Waals surface area contributed by atoms with E-state index in [0.29, 0.717) is 13.0 Å². The average molecular weight is 386 g/mol. The van der Waals surface area contributed by atoms with E-state index in [1.807, 2.05) is 0 Å². The molecule has 0 rings (SSSR count). The van der Waals surface area contributed by atoms with Gasteiger partial charge in [0.2, 0.25) is 0 Å². The number of rotatable bonds is 17. The Morgan fingerprint density at radius 3 is 1.78 bits per heavy atom. The van der Waals surface area contributed by atoms with Crippen molar-refractivity contribution in [1.82, 2.24) is 0 Å². The van der Waals surface area contributed by atoms with Crippen LogP contribution in [0.1, 0.15) is 104 Å². The number of nitrogens with two attached hydrogens (primary N) is 1. The molecule has 0 bridgehead atoms. The third kappa shape index (κ3) is 32.9. The number of hydrogen-bond donors (Lipinski definition) is 2. The second-order valence-electron chi connectivity index (χ2n) is 7.01. The number of aliphatic hydroxyl groups excluding tert-OH is 1. The van der Waals surface area contributed by atoms with Crippen LogP contribution >= 0.6 is 0 Å². The molecule has 0 radical (unpaired) electrons. The molecular formula is C22H43NO4. The second-order valence-corrected chi connectivity index (χ2v) is 7.01. The zero-order valence-electron chi connectivity index (χ0n) is 17.7. The molecule has 27 heavy (non-hydrogen) atoms. The van der Waals surface area contributed by atoms with Crippen LogP contribution in [0.15, 0.2) is 12.2 Å². The second kappa shape index (κ2) is 24.8. The number of hydrogen-bond acceptors (Lipinski definition) is 4. The summed E-state index contributed by atoms with van der Waals surface area (Å²) in [5.41, 5.74) is 0. The summed E-state index contributed by atoms with van der Waals surface area (Å²) in [6.07, 6.45) is 22.0. The Morgan fingerprint density at radius 2 is 1.30 bits per heavy atom. The standard InChI is InChI=1S/C20H39NO2.C2H4O2/c1-2-3-4-5-6-7-8-9-10-11-12-13-14-15-16-17-20(23)21-18-19-22;1-2(3)4/h9-10,22H,2-8,11-19H2,1H3,(H,21,23);1H3,(H,3,4)/b10-9-;. The molecule has 5 nitrogen and oxygen atoms in total.